The Morgan fingerprint density at radius 2 is 1.50 bits per heavy atom. The van der Waals surface area contributed by atoms with E-state index in [1.54, 1.807) is 0 Å². The van der Waals surface area contributed by atoms with Crippen LogP contribution in [-0.2, 0) is 21.7 Å². The van der Waals surface area contributed by atoms with E-state index in [2.05, 4.69) is 5.32 Å². The monoisotopic (exact) mass is 120 g/mol. The van der Waals surface area contributed by atoms with E-state index in [9.17, 15) is 0 Å². The molecule has 0 aliphatic rings. The predicted molar refractivity (Wildman–Crippen MR) is 24.4 cm³/mol. The maximum absolute atomic E-state index is 3.97. The van der Waals surface area contributed by atoms with Gasteiger partial charge in [-0.2, -0.15) is 13.1 Å². The summed E-state index contributed by atoms with van der Waals surface area (Å²) >= 11 is 0. The zero-order chi connectivity index (χ0) is 4.12. The summed E-state index contributed by atoms with van der Waals surface area (Å²) in [7, 11) is 0. The van der Waals surface area contributed by atoms with Crippen molar-refractivity contribution >= 4 is 0 Å². The summed E-state index contributed by atoms with van der Waals surface area (Å²) in [5.74, 6) is 0. The van der Waals surface area contributed by atoms with Crippen molar-refractivity contribution < 1.29 is 21.7 Å². The van der Waals surface area contributed by atoms with Gasteiger partial charge in [0.05, 0.1) is 0 Å². The van der Waals surface area contributed by atoms with Crippen LogP contribution in [0, 0.1) is 0 Å². The number of nitrogens with zero attached hydrogens (tertiary/aromatic N) is 1. The third-order valence-electron chi connectivity index (χ3n) is 0.447. The second kappa shape index (κ2) is 9.18. The van der Waals surface area contributed by atoms with Gasteiger partial charge in [0.2, 0.25) is 0 Å². The molecule has 0 N–H and O–H groups in total. The Bertz CT molecular complexity index is 15.0. The van der Waals surface area contributed by atoms with Gasteiger partial charge in [-0.25, -0.2) is 0 Å². The van der Waals surface area contributed by atoms with Gasteiger partial charge in [0.1, 0.15) is 0 Å². The summed E-state index contributed by atoms with van der Waals surface area (Å²) < 4.78 is 0. The van der Waals surface area contributed by atoms with E-state index >= 15 is 0 Å². The van der Waals surface area contributed by atoms with Crippen LogP contribution >= 0.6 is 0 Å². The third-order valence-corrected chi connectivity index (χ3v) is 0.447. The maximum atomic E-state index is 3.97. The van der Waals surface area contributed by atoms with Crippen LogP contribution < -0.4 is 0 Å². The van der Waals surface area contributed by atoms with Gasteiger partial charge in [-0.3, -0.25) is 0 Å². The molecule has 0 saturated heterocycles. The number of hydrogen-bond acceptors (Lipinski definition) is 0. The fourth-order valence-corrected chi connectivity index (χ4v) is 0.224. The molecule has 0 aromatic heterocycles. The smallest absolute Gasteiger partial charge is 0.663 e. The van der Waals surface area contributed by atoms with E-state index in [-0.39, 0.29) is 21.7 Å². The Balaban J connectivity index is 0. The minimum Gasteiger partial charge on any atom is -0.663 e. The number of rotatable bonds is 2. The van der Waals surface area contributed by atoms with Crippen molar-refractivity contribution in [1.82, 2.24) is 0 Å². The van der Waals surface area contributed by atoms with E-state index < -0.39 is 0 Å². The van der Waals surface area contributed by atoms with Crippen molar-refractivity contribution in [3.05, 3.63) is 5.32 Å². The summed E-state index contributed by atoms with van der Waals surface area (Å²) in [4.78, 5) is 0. The van der Waals surface area contributed by atoms with Gasteiger partial charge in [-0.05, 0) is 0 Å². The van der Waals surface area contributed by atoms with Gasteiger partial charge >= 0.3 is 21.7 Å². The van der Waals surface area contributed by atoms with Crippen LogP contribution in [0.1, 0.15) is 13.8 Å². The summed E-state index contributed by atoms with van der Waals surface area (Å²) in [6.45, 7) is 6.03. The molecule has 1 nitrogen and oxygen atoms in total. The van der Waals surface area contributed by atoms with E-state index in [0.717, 1.165) is 13.1 Å². The molecule has 0 amide bonds. The Morgan fingerprint density at radius 1 is 1.17 bits per heavy atom. The first-order chi connectivity index (χ1) is 2.41. The molecule has 0 spiro atoms. The number of hydrogen-bond donors (Lipinski definition) is 0. The van der Waals surface area contributed by atoms with Crippen molar-refractivity contribution in [1.29, 1.82) is 0 Å². The second-order valence-corrected chi connectivity index (χ2v) is 0.856. The van der Waals surface area contributed by atoms with Crippen molar-refractivity contribution in [3.63, 3.8) is 0 Å². The molecular formula is C4H10NTi+3. The second-order valence-electron chi connectivity index (χ2n) is 0.856. The fourth-order valence-electron chi connectivity index (χ4n) is 0.224. The van der Waals surface area contributed by atoms with Gasteiger partial charge < -0.3 is 5.32 Å². The van der Waals surface area contributed by atoms with Crippen LogP contribution in [0.2, 0.25) is 0 Å². The van der Waals surface area contributed by atoms with Crippen LogP contribution in [0.25, 0.3) is 5.32 Å². The summed E-state index contributed by atoms with van der Waals surface area (Å²) in [6, 6.07) is 0. The first-order valence-corrected chi connectivity index (χ1v) is 2.05. The molecule has 0 aromatic carbocycles. The minimum atomic E-state index is 0. The molecule has 0 fully saturated rings. The molecule has 0 bridgehead atoms. The minimum absolute atomic E-state index is 0. The molecule has 0 aliphatic heterocycles. The standard InChI is InChI=1S/C4H10N.Ti/c1-3-5-4-2;/h3-4H2,1-2H3;/q-1;+4. The Morgan fingerprint density at radius 3 is 1.50 bits per heavy atom. The van der Waals surface area contributed by atoms with Crippen LogP contribution in [0.4, 0.5) is 0 Å². The Hall–Kier alpha value is 0.674. The fraction of sp³-hybridized carbons (Fsp3) is 1.00. The molecule has 0 unspecified atom stereocenters. The molecule has 0 radical (unpaired) electrons. The van der Waals surface area contributed by atoms with Crippen LogP contribution in [0.5, 0.6) is 0 Å². The zero-order valence-electron chi connectivity index (χ0n) is 4.36. The average molecular weight is 120 g/mol. The Labute approximate surface area is 54.4 Å². The molecule has 0 rings (SSSR count). The van der Waals surface area contributed by atoms with Gasteiger partial charge in [0.15, 0.2) is 0 Å². The maximum Gasteiger partial charge on any atom is 4.00 e. The largest absolute Gasteiger partial charge is 4.00 e. The molecule has 32 valence electrons. The van der Waals surface area contributed by atoms with Crippen LogP contribution in [0.15, 0.2) is 0 Å². The Kier molecular flexibility index (Phi) is 15.1. The summed E-state index contributed by atoms with van der Waals surface area (Å²) in [6.07, 6.45) is 0. The van der Waals surface area contributed by atoms with E-state index in [4.69, 9.17) is 0 Å². The molecule has 0 aliphatic carbocycles. The quantitative estimate of drug-likeness (QED) is 0.489. The third kappa shape index (κ3) is 8.82. The van der Waals surface area contributed by atoms with Gasteiger partial charge in [0, 0.05) is 0 Å². The molecular weight excluding hydrogens is 110 g/mol. The van der Waals surface area contributed by atoms with Crippen molar-refractivity contribution in [3.8, 4) is 0 Å². The van der Waals surface area contributed by atoms with Crippen LogP contribution in [0.3, 0.4) is 0 Å². The summed E-state index contributed by atoms with van der Waals surface area (Å²) in [5.41, 5.74) is 0. The van der Waals surface area contributed by atoms with Crippen molar-refractivity contribution in [2.24, 2.45) is 0 Å². The SMILES string of the molecule is CC[N-]CC.[Ti+4]. The predicted octanol–water partition coefficient (Wildman–Crippen LogP) is 1.40. The average Bonchev–Trinajstić information content (AvgIpc) is 1.41. The van der Waals surface area contributed by atoms with Gasteiger partial charge in [-0.15, -0.1) is 0 Å². The van der Waals surface area contributed by atoms with E-state index in [1.807, 2.05) is 13.8 Å². The molecule has 0 saturated carbocycles. The van der Waals surface area contributed by atoms with Gasteiger partial charge in [-0.1, -0.05) is 13.8 Å². The topological polar surface area (TPSA) is 14.1 Å². The molecule has 6 heavy (non-hydrogen) atoms. The molecule has 0 atom stereocenters. The van der Waals surface area contributed by atoms with E-state index in [0.29, 0.717) is 0 Å². The zero-order valence-corrected chi connectivity index (χ0v) is 5.92. The first kappa shape index (κ1) is 9.84. The van der Waals surface area contributed by atoms with E-state index in [1.165, 1.54) is 0 Å². The molecule has 0 heterocycles. The van der Waals surface area contributed by atoms with Gasteiger partial charge in [0.25, 0.3) is 0 Å². The normalized spacial score (nSPS) is 7.00. The first-order valence-electron chi connectivity index (χ1n) is 2.05. The van der Waals surface area contributed by atoms with Crippen molar-refractivity contribution in [2.75, 3.05) is 13.1 Å². The van der Waals surface area contributed by atoms with Crippen molar-refractivity contribution in [2.45, 2.75) is 13.8 Å². The molecule has 0 aromatic rings. The summed E-state index contributed by atoms with van der Waals surface area (Å²) in [5, 5.41) is 3.97. The molecule has 2 heteroatoms. The van der Waals surface area contributed by atoms with Crippen LogP contribution in [-0.4, -0.2) is 13.1 Å².